The molecule has 290 valence electrons. The van der Waals surface area contributed by atoms with Crippen LogP contribution in [0.25, 0.3) is 0 Å². The molecule has 14 heteroatoms. The van der Waals surface area contributed by atoms with Crippen molar-refractivity contribution in [1.82, 2.24) is 0 Å². The number of aliphatic hydroxyl groups excluding tert-OH is 4. The highest BCUT2D eigenvalue weighted by Crippen LogP contribution is 2.45. The monoisotopic (exact) mass is 750 g/mol. The van der Waals surface area contributed by atoms with Gasteiger partial charge in [-0.15, -0.1) is 0 Å². The van der Waals surface area contributed by atoms with Gasteiger partial charge in [-0.3, -0.25) is 4.79 Å². The van der Waals surface area contributed by atoms with Gasteiger partial charge in [0.1, 0.15) is 0 Å². The van der Waals surface area contributed by atoms with E-state index in [1.54, 1.807) is 24.3 Å². The van der Waals surface area contributed by atoms with Gasteiger partial charge in [0.2, 0.25) is 0 Å². The summed E-state index contributed by atoms with van der Waals surface area (Å²) in [7, 11) is 5.45. The Balaban J connectivity index is 1.45. The van der Waals surface area contributed by atoms with Gasteiger partial charge in [0, 0.05) is 28.9 Å². The SMILES string of the molecule is COc1cc([C@H](O)[C@H](CO)c2cc(C[C@H]3COC(=O)[C@H]3Cc3cc(OC)c(O)c([C@H](CO)[C@@H](O)c4ccc(O)c(OC)c4)c3)cc(OC)c2O)ccc1O. The number of hydrogen-bond acceptors (Lipinski definition) is 14. The molecule has 5 rings (SSSR count). The fourth-order valence-corrected chi connectivity index (χ4v) is 7.06. The molecule has 4 aromatic rings. The molecule has 6 atom stereocenters. The Morgan fingerprint density at radius 3 is 1.46 bits per heavy atom. The number of aliphatic hydroxyl groups is 4. The molecule has 0 radical (unpaired) electrons. The molecule has 0 amide bonds. The second kappa shape index (κ2) is 17.2. The van der Waals surface area contributed by atoms with Crippen molar-refractivity contribution in [2.24, 2.45) is 11.8 Å². The average Bonchev–Trinajstić information content (AvgIpc) is 3.51. The number of benzene rings is 4. The molecule has 0 saturated carbocycles. The zero-order valence-corrected chi connectivity index (χ0v) is 30.3. The predicted octanol–water partition coefficient (Wildman–Crippen LogP) is 3.74. The predicted molar refractivity (Wildman–Crippen MR) is 194 cm³/mol. The summed E-state index contributed by atoms with van der Waals surface area (Å²) in [5.41, 5.74) is 2.18. The molecular formula is C40H46O14. The zero-order chi connectivity index (χ0) is 39.3. The summed E-state index contributed by atoms with van der Waals surface area (Å²) in [6.07, 6.45) is -2.26. The van der Waals surface area contributed by atoms with Crippen molar-refractivity contribution in [1.29, 1.82) is 0 Å². The quantitative estimate of drug-likeness (QED) is 0.0765. The molecule has 4 aromatic carbocycles. The molecule has 14 nitrogen and oxygen atoms in total. The summed E-state index contributed by atoms with van der Waals surface area (Å²) >= 11 is 0. The van der Waals surface area contributed by atoms with Crippen LogP contribution in [0, 0.1) is 11.8 Å². The van der Waals surface area contributed by atoms with Gasteiger partial charge >= 0.3 is 5.97 Å². The van der Waals surface area contributed by atoms with E-state index in [4.69, 9.17) is 23.7 Å². The normalized spacial score (nSPS) is 17.7. The van der Waals surface area contributed by atoms with Gasteiger partial charge in [0.05, 0.1) is 66.4 Å². The molecule has 0 unspecified atom stereocenters. The fourth-order valence-electron chi connectivity index (χ4n) is 7.06. The molecule has 1 aliphatic rings. The highest BCUT2D eigenvalue weighted by atomic mass is 16.5. The number of hydrogen-bond donors (Lipinski definition) is 8. The molecule has 1 fully saturated rings. The third kappa shape index (κ3) is 8.06. The second-order valence-electron chi connectivity index (χ2n) is 13.2. The summed E-state index contributed by atoms with van der Waals surface area (Å²) in [5, 5.41) is 85.9. The van der Waals surface area contributed by atoms with Crippen LogP contribution in [0.2, 0.25) is 0 Å². The minimum Gasteiger partial charge on any atom is -0.504 e. The third-order valence-corrected chi connectivity index (χ3v) is 10.1. The van der Waals surface area contributed by atoms with Crippen molar-refractivity contribution in [3.05, 3.63) is 94.0 Å². The first kappa shape index (κ1) is 39.8. The maximum absolute atomic E-state index is 13.2. The first-order valence-electron chi connectivity index (χ1n) is 17.2. The summed E-state index contributed by atoms with van der Waals surface area (Å²) < 4.78 is 26.7. The third-order valence-electron chi connectivity index (χ3n) is 10.1. The molecule has 0 aliphatic carbocycles. The highest BCUT2D eigenvalue weighted by molar-refractivity contribution is 5.75. The van der Waals surface area contributed by atoms with E-state index >= 15 is 0 Å². The van der Waals surface area contributed by atoms with Crippen molar-refractivity contribution in [2.45, 2.75) is 36.9 Å². The van der Waals surface area contributed by atoms with Gasteiger partial charge in [-0.1, -0.05) is 24.3 Å². The second-order valence-corrected chi connectivity index (χ2v) is 13.2. The standard InChI is InChI=1S/C40H46O14/c1-50-32-15-22(5-7-30(32)43)36(45)28(17-41)26-11-20(13-34(52-3)38(26)47)9-24-19-54-40(49)25(24)10-21-12-27(39(48)35(14-21)53-4)29(18-42)37(46)23-6-8-31(44)33(16-23)51-2/h5-8,11-16,24-25,28-29,36-37,41-48H,9-10,17-19H2,1-4H3/t24-,25-,28+,29-,36-,37-/m0/s1. The molecule has 1 aliphatic heterocycles. The van der Waals surface area contributed by atoms with E-state index in [1.165, 1.54) is 64.8 Å². The average molecular weight is 751 g/mol. The maximum Gasteiger partial charge on any atom is 0.309 e. The number of esters is 1. The Hall–Kier alpha value is -5.41. The van der Waals surface area contributed by atoms with Crippen molar-refractivity contribution >= 4 is 5.97 Å². The van der Waals surface area contributed by atoms with Gasteiger partial charge in [-0.05, 0) is 71.5 Å². The van der Waals surface area contributed by atoms with E-state index in [9.17, 15) is 45.6 Å². The Labute approximate surface area is 312 Å². The summed E-state index contributed by atoms with van der Waals surface area (Å²) in [5.74, 6) is -4.06. The van der Waals surface area contributed by atoms with Crippen LogP contribution < -0.4 is 18.9 Å². The smallest absolute Gasteiger partial charge is 0.309 e. The van der Waals surface area contributed by atoms with Crippen molar-refractivity contribution in [2.75, 3.05) is 48.3 Å². The zero-order valence-electron chi connectivity index (χ0n) is 30.3. The fraction of sp³-hybridized carbons (Fsp3) is 0.375. The molecule has 8 N–H and O–H groups in total. The number of methoxy groups -OCH3 is 4. The van der Waals surface area contributed by atoms with Gasteiger partial charge in [-0.25, -0.2) is 0 Å². The number of carbonyl (C=O) groups is 1. The molecule has 0 aromatic heterocycles. The van der Waals surface area contributed by atoms with E-state index in [2.05, 4.69) is 0 Å². The van der Waals surface area contributed by atoms with Gasteiger partial charge in [-0.2, -0.15) is 0 Å². The lowest BCUT2D eigenvalue weighted by molar-refractivity contribution is -0.141. The van der Waals surface area contributed by atoms with E-state index in [0.29, 0.717) is 22.3 Å². The first-order valence-corrected chi connectivity index (χ1v) is 17.2. The van der Waals surface area contributed by atoms with Crippen LogP contribution in [0.5, 0.6) is 46.0 Å². The lowest BCUT2D eigenvalue weighted by Gasteiger charge is -2.26. The largest absolute Gasteiger partial charge is 0.504 e. The lowest BCUT2D eigenvalue weighted by atomic mass is 9.82. The van der Waals surface area contributed by atoms with Gasteiger partial charge in [0.15, 0.2) is 46.0 Å². The van der Waals surface area contributed by atoms with Crippen molar-refractivity contribution < 1.29 is 69.3 Å². The topological polar surface area (TPSA) is 225 Å². The molecule has 54 heavy (non-hydrogen) atoms. The van der Waals surface area contributed by atoms with Crippen LogP contribution >= 0.6 is 0 Å². The van der Waals surface area contributed by atoms with Crippen molar-refractivity contribution in [3.63, 3.8) is 0 Å². The van der Waals surface area contributed by atoms with E-state index < -0.39 is 49.1 Å². The number of carbonyl (C=O) groups excluding carboxylic acids is 1. The van der Waals surface area contributed by atoms with Crippen LogP contribution in [0.1, 0.15) is 57.4 Å². The van der Waals surface area contributed by atoms with Crippen LogP contribution in [-0.4, -0.2) is 95.1 Å². The number of rotatable bonds is 16. The van der Waals surface area contributed by atoms with Gasteiger partial charge < -0.3 is 64.5 Å². The molecule has 0 bridgehead atoms. The Bertz CT molecular complexity index is 1940. The first-order chi connectivity index (χ1) is 25.9. The Morgan fingerprint density at radius 1 is 0.630 bits per heavy atom. The number of phenols is 4. The van der Waals surface area contributed by atoms with Crippen LogP contribution in [-0.2, 0) is 22.4 Å². The molecule has 1 saturated heterocycles. The van der Waals surface area contributed by atoms with E-state index in [0.717, 1.165) is 0 Å². The lowest BCUT2D eigenvalue weighted by Crippen LogP contribution is -2.22. The minimum atomic E-state index is -1.34. The highest BCUT2D eigenvalue weighted by Gasteiger charge is 2.38. The summed E-state index contributed by atoms with van der Waals surface area (Å²) in [6.45, 7) is -1.06. The maximum atomic E-state index is 13.2. The Morgan fingerprint density at radius 2 is 1.06 bits per heavy atom. The Kier molecular flexibility index (Phi) is 12.6. The summed E-state index contributed by atoms with van der Waals surface area (Å²) in [6, 6.07) is 14.9. The molecule has 0 spiro atoms. The minimum absolute atomic E-state index is 0.0621. The number of ether oxygens (including phenoxy) is 5. The van der Waals surface area contributed by atoms with Gasteiger partial charge in [0.25, 0.3) is 0 Å². The van der Waals surface area contributed by atoms with E-state index in [-0.39, 0.29) is 82.5 Å². The number of aromatic hydroxyl groups is 4. The summed E-state index contributed by atoms with van der Waals surface area (Å²) in [4.78, 5) is 13.2. The van der Waals surface area contributed by atoms with Crippen LogP contribution in [0.3, 0.4) is 0 Å². The van der Waals surface area contributed by atoms with E-state index in [1.807, 2.05) is 0 Å². The number of cyclic esters (lactones) is 1. The van der Waals surface area contributed by atoms with Crippen LogP contribution in [0.4, 0.5) is 0 Å². The molecular weight excluding hydrogens is 704 g/mol. The number of phenolic OH excluding ortho intramolecular Hbond substituents is 4. The van der Waals surface area contributed by atoms with Crippen molar-refractivity contribution in [3.8, 4) is 46.0 Å². The molecule has 1 heterocycles. The van der Waals surface area contributed by atoms with Crippen LogP contribution in [0.15, 0.2) is 60.7 Å².